The summed E-state index contributed by atoms with van der Waals surface area (Å²) in [6.45, 7) is 2.00. The van der Waals surface area contributed by atoms with Gasteiger partial charge in [0.05, 0.1) is 17.0 Å². The molecule has 0 unspecified atom stereocenters. The Morgan fingerprint density at radius 1 is 1.17 bits per heavy atom. The molecule has 1 N–H and O–H groups in total. The van der Waals surface area contributed by atoms with Crippen LogP contribution in [0.3, 0.4) is 0 Å². The second kappa shape index (κ2) is 11.7. The summed E-state index contributed by atoms with van der Waals surface area (Å²) < 4.78 is 20.6. The van der Waals surface area contributed by atoms with E-state index < -0.39 is 11.2 Å². The third-order valence-electron chi connectivity index (χ3n) is 4.11. The van der Waals surface area contributed by atoms with Crippen LogP contribution in [-0.2, 0) is 11.8 Å². The number of hydrogen-bond acceptors (Lipinski definition) is 11. The zero-order valence-corrected chi connectivity index (χ0v) is 21.6. The molecular formula is C21H17FN6O3S4. The molecule has 180 valence electrons. The molecule has 0 aliphatic carbocycles. The molecule has 4 aromatic rings. The number of aromatic nitrogens is 5. The molecule has 3 heterocycles. The molecular weight excluding hydrogens is 532 g/mol. The molecule has 0 spiro atoms. The van der Waals surface area contributed by atoms with Crippen molar-refractivity contribution in [1.82, 2.24) is 24.7 Å². The summed E-state index contributed by atoms with van der Waals surface area (Å²) in [5.74, 6) is -0.821. The highest BCUT2D eigenvalue weighted by atomic mass is 32.2. The summed E-state index contributed by atoms with van der Waals surface area (Å²) in [4.78, 5) is 34.9. The number of nitrogens with one attached hydrogen (secondary N) is 1. The first kappa shape index (κ1) is 25.2. The fourth-order valence-electron chi connectivity index (χ4n) is 2.57. The van der Waals surface area contributed by atoms with Gasteiger partial charge in [-0.1, -0.05) is 23.1 Å². The summed E-state index contributed by atoms with van der Waals surface area (Å²) in [5, 5.41) is 11.7. The predicted octanol–water partition coefficient (Wildman–Crippen LogP) is 5.61. The van der Waals surface area contributed by atoms with Gasteiger partial charge in [-0.05, 0) is 55.1 Å². The lowest BCUT2D eigenvalue weighted by atomic mass is 10.3. The van der Waals surface area contributed by atoms with E-state index in [2.05, 4.69) is 25.5 Å². The Kier molecular flexibility index (Phi) is 8.38. The van der Waals surface area contributed by atoms with Crippen LogP contribution < -0.4 is 5.32 Å². The first-order valence-electron chi connectivity index (χ1n) is 9.99. The molecule has 35 heavy (non-hydrogen) atoms. The van der Waals surface area contributed by atoms with E-state index in [1.54, 1.807) is 42.1 Å². The first-order valence-corrected chi connectivity index (χ1v) is 13.3. The fraction of sp³-hybridized carbons (Fsp3) is 0.143. The van der Waals surface area contributed by atoms with Crippen molar-refractivity contribution in [1.29, 1.82) is 0 Å². The van der Waals surface area contributed by atoms with E-state index in [0.29, 0.717) is 24.4 Å². The van der Waals surface area contributed by atoms with E-state index in [0.717, 1.165) is 28.0 Å². The summed E-state index contributed by atoms with van der Waals surface area (Å²) >= 11 is 4.59. The molecule has 1 aromatic carbocycles. The Labute approximate surface area is 216 Å². The molecule has 0 bridgehead atoms. The quantitative estimate of drug-likeness (QED) is 0.220. The topological polar surface area (TPSA) is 112 Å². The van der Waals surface area contributed by atoms with E-state index >= 15 is 0 Å². The van der Waals surface area contributed by atoms with Crippen molar-refractivity contribution in [2.75, 3.05) is 11.9 Å². The van der Waals surface area contributed by atoms with Crippen LogP contribution in [0.1, 0.15) is 17.4 Å². The summed E-state index contributed by atoms with van der Waals surface area (Å²) in [7, 11) is 1.81. The van der Waals surface area contributed by atoms with Gasteiger partial charge in [0.1, 0.15) is 22.9 Å². The Hall–Kier alpha value is -2.94. The zero-order valence-electron chi connectivity index (χ0n) is 18.3. The number of thioether (sulfide) groups is 1. The molecule has 4 rings (SSSR count). The number of thiazole rings is 1. The molecule has 0 radical (unpaired) electrons. The number of carbonyl (C=O) groups is 2. The van der Waals surface area contributed by atoms with Gasteiger partial charge in [-0.25, -0.2) is 19.2 Å². The van der Waals surface area contributed by atoms with E-state index in [4.69, 9.17) is 4.74 Å². The summed E-state index contributed by atoms with van der Waals surface area (Å²) in [6.07, 6.45) is 3.06. The normalized spacial score (nSPS) is 10.8. The van der Waals surface area contributed by atoms with Crippen LogP contribution in [-0.4, -0.2) is 42.5 Å². The Balaban J connectivity index is 1.58. The van der Waals surface area contributed by atoms with Gasteiger partial charge in [-0.3, -0.25) is 10.1 Å². The molecule has 9 nitrogen and oxygen atoms in total. The largest absolute Gasteiger partial charge is 0.458 e. The van der Waals surface area contributed by atoms with Crippen molar-refractivity contribution >= 4 is 63.0 Å². The minimum atomic E-state index is -0.475. The van der Waals surface area contributed by atoms with Crippen molar-refractivity contribution in [2.45, 2.75) is 31.1 Å². The maximum Gasteiger partial charge on any atom is 0.373 e. The predicted molar refractivity (Wildman–Crippen MR) is 133 cm³/mol. The standard InChI is InChI=1S/C21H17FN6O3S4/c1-3-31-21(30)35-16-10-23-19(34-16)26-18(29)17-14(32-13-6-4-12(22)5-7-13)8-9-15(25-17)33-20-27-24-11-28(20)2/h4-11H,3H2,1-2H3,(H,23,26,29). The number of hydrogen-bond donors (Lipinski definition) is 1. The maximum atomic E-state index is 13.3. The smallest absolute Gasteiger partial charge is 0.373 e. The van der Waals surface area contributed by atoms with E-state index in [9.17, 15) is 14.0 Å². The van der Waals surface area contributed by atoms with Crippen LogP contribution >= 0.6 is 46.6 Å². The zero-order chi connectivity index (χ0) is 24.8. The average molecular weight is 549 g/mol. The second-order valence-corrected chi connectivity index (χ2v) is 11.0. The molecule has 14 heteroatoms. The van der Waals surface area contributed by atoms with Gasteiger partial charge in [0.2, 0.25) is 0 Å². The van der Waals surface area contributed by atoms with E-state index in [1.165, 1.54) is 41.9 Å². The van der Waals surface area contributed by atoms with Gasteiger partial charge in [0.25, 0.3) is 5.91 Å². The lowest BCUT2D eigenvalue weighted by molar-refractivity contribution is 0.101. The van der Waals surface area contributed by atoms with E-state index in [-0.39, 0.29) is 18.1 Å². The van der Waals surface area contributed by atoms with Crippen LogP contribution in [0.25, 0.3) is 0 Å². The van der Waals surface area contributed by atoms with Gasteiger partial charge in [0.15, 0.2) is 10.3 Å². The second-order valence-electron chi connectivity index (χ2n) is 6.60. The molecule has 0 aliphatic heterocycles. The Morgan fingerprint density at radius 2 is 1.97 bits per heavy atom. The SMILES string of the molecule is CCOC(=O)Sc1cnc(NC(=O)c2nc(Sc3nncn3C)ccc2Sc2ccc(F)cc2)s1. The highest BCUT2D eigenvalue weighted by molar-refractivity contribution is 8.14. The van der Waals surface area contributed by atoms with Crippen LogP contribution in [0.2, 0.25) is 0 Å². The lowest BCUT2D eigenvalue weighted by Crippen LogP contribution is -2.15. The minimum Gasteiger partial charge on any atom is -0.458 e. The number of amides is 1. The molecule has 0 fully saturated rings. The van der Waals surface area contributed by atoms with Gasteiger partial charge in [-0.2, -0.15) is 0 Å². The number of anilines is 1. The Bertz CT molecular complexity index is 1350. The molecule has 3 aromatic heterocycles. The number of carbonyl (C=O) groups excluding carboxylic acids is 2. The van der Waals surface area contributed by atoms with Gasteiger partial charge in [0, 0.05) is 28.6 Å². The fourth-order valence-corrected chi connectivity index (χ4v) is 5.80. The van der Waals surface area contributed by atoms with Gasteiger partial charge >= 0.3 is 5.30 Å². The van der Waals surface area contributed by atoms with Gasteiger partial charge in [-0.15, -0.1) is 10.2 Å². The lowest BCUT2D eigenvalue weighted by Gasteiger charge is -2.10. The van der Waals surface area contributed by atoms with Crippen molar-refractivity contribution in [3.05, 3.63) is 60.4 Å². The molecule has 0 atom stereocenters. The maximum absolute atomic E-state index is 13.3. The van der Waals surface area contributed by atoms with E-state index in [1.807, 2.05) is 7.05 Å². The number of pyridine rings is 1. The van der Waals surface area contributed by atoms with Crippen LogP contribution in [0.15, 0.2) is 73.1 Å². The molecule has 0 aliphatic rings. The van der Waals surface area contributed by atoms with Gasteiger partial charge < -0.3 is 9.30 Å². The highest BCUT2D eigenvalue weighted by Crippen LogP contribution is 2.34. The molecule has 0 saturated heterocycles. The first-order chi connectivity index (χ1) is 16.9. The van der Waals surface area contributed by atoms with Crippen LogP contribution in [0.4, 0.5) is 14.3 Å². The third kappa shape index (κ3) is 6.81. The number of benzene rings is 1. The van der Waals surface area contributed by atoms with Crippen LogP contribution in [0.5, 0.6) is 0 Å². The van der Waals surface area contributed by atoms with Crippen LogP contribution in [0, 0.1) is 5.82 Å². The molecule has 1 amide bonds. The van der Waals surface area contributed by atoms with Crippen molar-refractivity contribution in [3.63, 3.8) is 0 Å². The number of ether oxygens (including phenoxy) is 1. The van der Waals surface area contributed by atoms with Crippen molar-refractivity contribution < 1.29 is 18.7 Å². The summed E-state index contributed by atoms with van der Waals surface area (Å²) in [5.41, 5.74) is 0.168. The van der Waals surface area contributed by atoms with Crippen molar-refractivity contribution in [3.8, 4) is 0 Å². The monoisotopic (exact) mass is 548 g/mol. The third-order valence-corrected chi connectivity index (χ3v) is 7.95. The number of aryl methyl sites for hydroxylation is 1. The number of rotatable bonds is 8. The van der Waals surface area contributed by atoms with Crippen molar-refractivity contribution in [2.24, 2.45) is 7.05 Å². The minimum absolute atomic E-state index is 0.168. The Morgan fingerprint density at radius 3 is 2.69 bits per heavy atom. The average Bonchev–Trinajstić information content (AvgIpc) is 3.44. The molecule has 0 saturated carbocycles. The highest BCUT2D eigenvalue weighted by Gasteiger charge is 2.19. The number of halogens is 1. The number of nitrogens with zero attached hydrogens (tertiary/aromatic N) is 5. The summed E-state index contributed by atoms with van der Waals surface area (Å²) in [6, 6.07) is 9.52.